The highest BCUT2D eigenvalue weighted by Crippen LogP contribution is 2.27. The summed E-state index contributed by atoms with van der Waals surface area (Å²) < 4.78 is 13.2. The first kappa shape index (κ1) is 14.0. The fourth-order valence-corrected chi connectivity index (χ4v) is 2.30. The summed E-state index contributed by atoms with van der Waals surface area (Å²) in [6.45, 7) is 3.88. The largest absolute Gasteiger partial charge is 0.321 e. The van der Waals surface area contributed by atoms with Crippen LogP contribution in [0.15, 0.2) is 42.5 Å². The van der Waals surface area contributed by atoms with E-state index in [2.05, 4.69) is 0 Å². The summed E-state index contributed by atoms with van der Waals surface area (Å²) in [5.41, 5.74) is 8.63. The highest BCUT2D eigenvalue weighted by molar-refractivity contribution is 6.31. The lowest BCUT2D eigenvalue weighted by molar-refractivity contribution is 0.489. The van der Waals surface area contributed by atoms with E-state index in [1.807, 2.05) is 38.1 Å². The van der Waals surface area contributed by atoms with Crippen LogP contribution in [0.5, 0.6) is 0 Å². The van der Waals surface area contributed by atoms with Crippen LogP contribution in [0.3, 0.4) is 0 Å². The molecule has 0 spiro atoms. The predicted octanol–water partition coefficient (Wildman–Crippen LogP) is 4.20. The quantitative estimate of drug-likeness (QED) is 0.894. The van der Waals surface area contributed by atoms with Crippen molar-refractivity contribution in [3.05, 3.63) is 70.0 Å². The Kier molecular flexibility index (Phi) is 3.93. The molecule has 0 fully saturated rings. The number of nitrogens with two attached hydrogens (primary N) is 1. The third-order valence-electron chi connectivity index (χ3n) is 3.29. The molecule has 2 aromatic carbocycles. The van der Waals surface area contributed by atoms with Gasteiger partial charge in [0.25, 0.3) is 0 Å². The molecule has 0 aromatic heterocycles. The van der Waals surface area contributed by atoms with Crippen molar-refractivity contribution in [1.82, 2.24) is 0 Å². The standard InChI is InChI=1S/C16H17ClFN/c1-11-6-7-13(9-15(11)17)16(2,19)10-12-4-3-5-14(18)8-12/h3-9H,10,19H2,1-2H3. The second-order valence-electron chi connectivity index (χ2n) is 5.19. The van der Waals surface area contributed by atoms with Crippen LogP contribution in [0.1, 0.15) is 23.6 Å². The molecule has 0 aliphatic carbocycles. The summed E-state index contributed by atoms with van der Waals surface area (Å²) in [4.78, 5) is 0. The van der Waals surface area contributed by atoms with Gasteiger partial charge in [-0.2, -0.15) is 0 Å². The van der Waals surface area contributed by atoms with Gasteiger partial charge in [-0.25, -0.2) is 4.39 Å². The van der Waals surface area contributed by atoms with Crippen LogP contribution in [0.25, 0.3) is 0 Å². The van der Waals surface area contributed by atoms with Gasteiger partial charge < -0.3 is 5.73 Å². The monoisotopic (exact) mass is 277 g/mol. The number of aryl methyl sites for hydroxylation is 1. The molecule has 0 heterocycles. The number of benzene rings is 2. The van der Waals surface area contributed by atoms with Crippen molar-refractivity contribution in [3.8, 4) is 0 Å². The maximum Gasteiger partial charge on any atom is 0.123 e. The predicted molar refractivity (Wildman–Crippen MR) is 77.8 cm³/mol. The minimum Gasteiger partial charge on any atom is -0.321 e. The molecule has 3 heteroatoms. The van der Waals surface area contributed by atoms with Gasteiger partial charge >= 0.3 is 0 Å². The van der Waals surface area contributed by atoms with Crippen LogP contribution >= 0.6 is 11.6 Å². The molecule has 1 unspecified atom stereocenters. The van der Waals surface area contributed by atoms with Crippen molar-refractivity contribution in [3.63, 3.8) is 0 Å². The van der Waals surface area contributed by atoms with E-state index in [0.29, 0.717) is 11.4 Å². The molecule has 0 amide bonds. The van der Waals surface area contributed by atoms with Crippen molar-refractivity contribution in [1.29, 1.82) is 0 Å². The van der Waals surface area contributed by atoms with Crippen LogP contribution in [-0.4, -0.2) is 0 Å². The van der Waals surface area contributed by atoms with Gasteiger partial charge in [-0.3, -0.25) is 0 Å². The first-order chi connectivity index (χ1) is 8.88. The summed E-state index contributed by atoms with van der Waals surface area (Å²) in [6.07, 6.45) is 0.560. The highest BCUT2D eigenvalue weighted by atomic mass is 35.5. The summed E-state index contributed by atoms with van der Waals surface area (Å²) in [5.74, 6) is -0.241. The SMILES string of the molecule is Cc1ccc(C(C)(N)Cc2cccc(F)c2)cc1Cl. The van der Waals surface area contributed by atoms with E-state index in [1.165, 1.54) is 12.1 Å². The second-order valence-corrected chi connectivity index (χ2v) is 5.60. The molecule has 0 aliphatic heterocycles. The van der Waals surface area contributed by atoms with Crippen LogP contribution in [0.2, 0.25) is 5.02 Å². The highest BCUT2D eigenvalue weighted by Gasteiger charge is 2.22. The zero-order valence-electron chi connectivity index (χ0n) is 11.1. The lowest BCUT2D eigenvalue weighted by atomic mass is 9.86. The van der Waals surface area contributed by atoms with E-state index < -0.39 is 5.54 Å². The lowest BCUT2D eigenvalue weighted by Crippen LogP contribution is -2.35. The number of rotatable bonds is 3. The van der Waals surface area contributed by atoms with E-state index in [0.717, 1.165) is 16.7 Å². The molecule has 2 rings (SSSR count). The second kappa shape index (κ2) is 5.32. The molecule has 0 saturated carbocycles. The minimum absolute atomic E-state index is 0.241. The molecular weight excluding hydrogens is 261 g/mol. The average molecular weight is 278 g/mol. The molecule has 0 radical (unpaired) electrons. The molecule has 100 valence electrons. The van der Waals surface area contributed by atoms with E-state index in [4.69, 9.17) is 17.3 Å². The van der Waals surface area contributed by atoms with E-state index >= 15 is 0 Å². The maximum atomic E-state index is 13.2. The Labute approximate surface area is 118 Å². The van der Waals surface area contributed by atoms with Crippen LogP contribution in [0.4, 0.5) is 4.39 Å². The van der Waals surface area contributed by atoms with Crippen molar-refractivity contribution >= 4 is 11.6 Å². The van der Waals surface area contributed by atoms with E-state index in [-0.39, 0.29) is 5.82 Å². The van der Waals surface area contributed by atoms with Gasteiger partial charge in [-0.05, 0) is 55.2 Å². The van der Waals surface area contributed by atoms with Gasteiger partial charge in [0.1, 0.15) is 5.82 Å². The van der Waals surface area contributed by atoms with E-state index in [9.17, 15) is 4.39 Å². The third kappa shape index (κ3) is 3.34. The van der Waals surface area contributed by atoms with Crippen molar-refractivity contribution in [2.24, 2.45) is 5.73 Å². The molecule has 0 saturated heterocycles. The molecule has 0 bridgehead atoms. The Morgan fingerprint density at radius 1 is 1.21 bits per heavy atom. The van der Waals surface area contributed by atoms with Crippen molar-refractivity contribution in [2.75, 3.05) is 0 Å². The maximum absolute atomic E-state index is 13.2. The zero-order valence-corrected chi connectivity index (χ0v) is 11.8. The average Bonchev–Trinajstić information content (AvgIpc) is 2.32. The Hall–Kier alpha value is -1.38. The summed E-state index contributed by atoms with van der Waals surface area (Å²) in [5, 5.41) is 0.702. The van der Waals surface area contributed by atoms with Gasteiger partial charge in [0.15, 0.2) is 0 Å². The first-order valence-electron chi connectivity index (χ1n) is 6.18. The fraction of sp³-hybridized carbons (Fsp3) is 0.250. The van der Waals surface area contributed by atoms with Crippen molar-refractivity contribution in [2.45, 2.75) is 25.8 Å². The van der Waals surface area contributed by atoms with Crippen molar-refractivity contribution < 1.29 is 4.39 Å². The molecule has 1 nitrogen and oxygen atoms in total. The molecule has 2 aromatic rings. The Bertz CT molecular complexity index is 593. The normalized spacial score (nSPS) is 14.2. The molecule has 2 N–H and O–H groups in total. The molecule has 0 aliphatic rings. The molecular formula is C16H17ClFN. The van der Waals surface area contributed by atoms with Gasteiger partial charge in [0.2, 0.25) is 0 Å². The number of hydrogen-bond donors (Lipinski definition) is 1. The van der Waals surface area contributed by atoms with Crippen LogP contribution < -0.4 is 5.73 Å². The number of halogens is 2. The van der Waals surface area contributed by atoms with Gasteiger partial charge in [0, 0.05) is 10.6 Å². The minimum atomic E-state index is -0.578. The van der Waals surface area contributed by atoms with Gasteiger partial charge in [-0.1, -0.05) is 35.9 Å². The summed E-state index contributed by atoms with van der Waals surface area (Å²) in [7, 11) is 0. The van der Waals surface area contributed by atoms with Gasteiger partial charge in [-0.15, -0.1) is 0 Å². The van der Waals surface area contributed by atoms with Gasteiger partial charge in [0.05, 0.1) is 0 Å². The van der Waals surface area contributed by atoms with Crippen LogP contribution in [0, 0.1) is 12.7 Å². The first-order valence-corrected chi connectivity index (χ1v) is 6.56. The lowest BCUT2D eigenvalue weighted by Gasteiger charge is -2.26. The summed E-state index contributed by atoms with van der Waals surface area (Å²) >= 11 is 6.13. The Balaban J connectivity index is 2.29. The number of hydrogen-bond acceptors (Lipinski definition) is 1. The Morgan fingerprint density at radius 2 is 1.95 bits per heavy atom. The fourth-order valence-electron chi connectivity index (χ4n) is 2.12. The van der Waals surface area contributed by atoms with Crippen LogP contribution in [-0.2, 0) is 12.0 Å². The topological polar surface area (TPSA) is 26.0 Å². The molecule has 19 heavy (non-hydrogen) atoms. The van der Waals surface area contributed by atoms with E-state index in [1.54, 1.807) is 6.07 Å². The third-order valence-corrected chi connectivity index (χ3v) is 3.70. The Morgan fingerprint density at radius 3 is 2.58 bits per heavy atom. The zero-order chi connectivity index (χ0) is 14.0. The summed E-state index contributed by atoms with van der Waals surface area (Å²) in [6, 6.07) is 12.3. The smallest absolute Gasteiger partial charge is 0.123 e. The molecule has 1 atom stereocenters.